The third-order valence-electron chi connectivity index (χ3n) is 3.95. The van der Waals surface area contributed by atoms with E-state index in [9.17, 15) is 24.3 Å². The molecule has 30 heavy (non-hydrogen) atoms. The highest BCUT2D eigenvalue weighted by molar-refractivity contribution is 6.30. The van der Waals surface area contributed by atoms with E-state index in [1.54, 1.807) is 6.07 Å². The van der Waals surface area contributed by atoms with Crippen molar-refractivity contribution in [3.63, 3.8) is 0 Å². The van der Waals surface area contributed by atoms with E-state index in [0.717, 1.165) is 20.8 Å². The molecule has 0 bridgehead atoms. The number of halogens is 1. The number of ether oxygens (including phenoxy) is 5. The molecule has 0 spiro atoms. The minimum atomic E-state index is -1.70. The number of hydrogen-bond donors (Lipinski definition) is 1. The molecule has 1 heterocycles. The van der Waals surface area contributed by atoms with E-state index in [1.807, 2.05) is 0 Å². The number of benzene rings is 1. The third kappa shape index (κ3) is 6.41. The molecule has 1 saturated heterocycles. The van der Waals surface area contributed by atoms with Crippen LogP contribution in [0.5, 0.6) is 0 Å². The van der Waals surface area contributed by atoms with Crippen LogP contribution in [0.3, 0.4) is 0 Å². The van der Waals surface area contributed by atoms with Crippen LogP contribution in [0.15, 0.2) is 24.3 Å². The predicted molar refractivity (Wildman–Crippen MR) is 99.3 cm³/mol. The summed E-state index contributed by atoms with van der Waals surface area (Å²) in [7, 11) is 0. The summed E-state index contributed by atoms with van der Waals surface area (Å²) in [5, 5.41) is 10.9. The van der Waals surface area contributed by atoms with E-state index in [0.29, 0.717) is 0 Å². The van der Waals surface area contributed by atoms with Crippen molar-refractivity contribution in [3.05, 3.63) is 34.9 Å². The van der Waals surface area contributed by atoms with Gasteiger partial charge in [-0.3, -0.25) is 14.4 Å². The molecule has 0 aliphatic carbocycles. The molecule has 5 atom stereocenters. The molecular weight excluding hydrogens is 424 g/mol. The topological polar surface area (TPSA) is 135 Å². The van der Waals surface area contributed by atoms with Crippen molar-refractivity contribution in [2.24, 2.45) is 0 Å². The molecule has 1 N–H and O–H groups in total. The van der Waals surface area contributed by atoms with Gasteiger partial charge in [0.15, 0.2) is 18.3 Å². The number of esters is 4. The van der Waals surface area contributed by atoms with Crippen LogP contribution in [0.1, 0.15) is 31.1 Å². The molecule has 0 aromatic heterocycles. The molecule has 1 aliphatic heterocycles. The third-order valence-corrected chi connectivity index (χ3v) is 4.19. The Balaban J connectivity index is 2.28. The second-order valence-corrected chi connectivity index (χ2v) is 6.84. The summed E-state index contributed by atoms with van der Waals surface area (Å²) in [6.07, 6.45) is -7.27. The van der Waals surface area contributed by atoms with E-state index in [-0.39, 0.29) is 10.6 Å². The molecule has 0 radical (unpaired) electrons. The fourth-order valence-electron chi connectivity index (χ4n) is 2.77. The zero-order valence-electron chi connectivity index (χ0n) is 16.4. The van der Waals surface area contributed by atoms with Gasteiger partial charge in [-0.15, -0.1) is 0 Å². The van der Waals surface area contributed by atoms with Crippen LogP contribution in [-0.2, 0) is 38.1 Å². The summed E-state index contributed by atoms with van der Waals surface area (Å²) >= 11 is 5.86. The second kappa shape index (κ2) is 10.4. The van der Waals surface area contributed by atoms with Crippen molar-refractivity contribution in [1.29, 1.82) is 0 Å². The zero-order valence-corrected chi connectivity index (χ0v) is 17.2. The Morgan fingerprint density at radius 3 is 2.20 bits per heavy atom. The first-order valence-electron chi connectivity index (χ1n) is 8.86. The van der Waals surface area contributed by atoms with Gasteiger partial charge in [0.05, 0.1) is 5.56 Å². The monoisotopic (exact) mass is 444 g/mol. The van der Waals surface area contributed by atoms with E-state index >= 15 is 0 Å². The standard InChI is InChI=1S/C19H21ClO10/c1-9(21)26-8-14-16(27-10(2)22)17(28-11(3)23)15(24)19(29-14)30-18(25)12-5-4-6-13(20)7-12/h4-7,14-17,19,24H,8H2,1-3H3/t14-,15-,16+,17-,19?/m1/s1. The first-order chi connectivity index (χ1) is 14.1. The summed E-state index contributed by atoms with van der Waals surface area (Å²) < 4.78 is 25.8. The van der Waals surface area contributed by atoms with Gasteiger partial charge in [0.2, 0.25) is 6.29 Å². The van der Waals surface area contributed by atoms with Crippen LogP contribution < -0.4 is 0 Å². The van der Waals surface area contributed by atoms with Crippen molar-refractivity contribution in [2.75, 3.05) is 6.61 Å². The maximum atomic E-state index is 12.4. The molecule has 1 fully saturated rings. The largest absolute Gasteiger partial charge is 0.463 e. The van der Waals surface area contributed by atoms with Crippen molar-refractivity contribution >= 4 is 35.5 Å². The fourth-order valence-corrected chi connectivity index (χ4v) is 2.96. The second-order valence-electron chi connectivity index (χ2n) is 6.40. The Morgan fingerprint density at radius 1 is 1.00 bits per heavy atom. The van der Waals surface area contributed by atoms with Crippen molar-refractivity contribution in [1.82, 2.24) is 0 Å². The molecule has 10 nitrogen and oxygen atoms in total. The summed E-state index contributed by atoms with van der Waals surface area (Å²) in [5.41, 5.74) is 0.0842. The van der Waals surface area contributed by atoms with Gasteiger partial charge in [0, 0.05) is 25.8 Å². The molecule has 164 valence electrons. The summed E-state index contributed by atoms with van der Waals surface area (Å²) in [5.74, 6) is -3.07. The Labute approximate surface area is 176 Å². The molecule has 1 aromatic carbocycles. The molecule has 1 aliphatic rings. The molecule has 1 aromatic rings. The Morgan fingerprint density at radius 2 is 1.63 bits per heavy atom. The van der Waals surface area contributed by atoms with Gasteiger partial charge in [-0.2, -0.15) is 0 Å². The lowest BCUT2D eigenvalue weighted by Crippen LogP contribution is -2.62. The van der Waals surface area contributed by atoms with Gasteiger partial charge in [0.25, 0.3) is 0 Å². The Bertz CT molecular complexity index is 810. The fraction of sp³-hybridized carbons (Fsp3) is 0.474. The first-order valence-corrected chi connectivity index (χ1v) is 9.24. The molecule has 0 saturated carbocycles. The molecule has 2 rings (SSSR count). The number of carbonyl (C=O) groups is 4. The maximum absolute atomic E-state index is 12.4. The van der Waals surface area contributed by atoms with Crippen molar-refractivity contribution in [3.8, 4) is 0 Å². The summed E-state index contributed by atoms with van der Waals surface area (Å²) in [4.78, 5) is 46.6. The van der Waals surface area contributed by atoms with Crippen LogP contribution in [0.2, 0.25) is 5.02 Å². The lowest BCUT2D eigenvalue weighted by atomic mass is 9.98. The summed E-state index contributed by atoms with van der Waals surface area (Å²) in [6.45, 7) is 2.92. The normalized spacial score (nSPS) is 25.7. The molecule has 0 amide bonds. The summed E-state index contributed by atoms with van der Waals surface area (Å²) in [6, 6.07) is 5.87. The van der Waals surface area contributed by atoms with Gasteiger partial charge < -0.3 is 28.8 Å². The van der Waals surface area contributed by atoms with E-state index in [2.05, 4.69) is 0 Å². The predicted octanol–water partition coefficient (Wildman–Crippen LogP) is 1.01. The number of aliphatic hydroxyl groups is 1. The number of rotatable bonds is 6. The Kier molecular flexibility index (Phi) is 8.16. The van der Waals surface area contributed by atoms with Crippen LogP contribution in [-0.4, -0.2) is 66.3 Å². The molecule has 11 heteroatoms. The first kappa shape index (κ1) is 23.6. The average Bonchev–Trinajstić information content (AvgIpc) is 2.65. The van der Waals surface area contributed by atoms with Crippen LogP contribution in [0, 0.1) is 0 Å². The lowest BCUT2D eigenvalue weighted by molar-refractivity contribution is -0.291. The zero-order chi connectivity index (χ0) is 22.4. The SMILES string of the molecule is CC(=O)OC[C@H]1OC(OC(=O)c2cccc(Cl)c2)[C@H](O)[C@@H](OC(C)=O)[C@H]1OC(C)=O. The van der Waals surface area contributed by atoms with Crippen LogP contribution in [0.4, 0.5) is 0 Å². The average molecular weight is 445 g/mol. The minimum absolute atomic E-state index is 0.0842. The highest BCUT2D eigenvalue weighted by Gasteiger charge is 2.51. The maximum Gasteiger partial charge on any atom is 0.340 e. The van der Waals surface area contributed by atoms with Gasteiger partial charge in [-0.05, 0) is 18.2 Å². The number of aliphatic hydroxyl groups excluding tert-OH is 1. The van der Waals surface area contributed by atoms with Crippen molar-refractivity contribution in [2.45, 2.75) is 51.5 Å². The van der Waals surface area contributed by atoms with Crippen LogP contribution in [0.25, 0.3) is 0 Å². The van der Waals surface area contributed by atoms with Crippen molar-refractivity contribution < 1.29 is 48.0 Å². The van der Waals surface area contributed by atoms with Crippen LogP contribution >= 0.6 is 11.6 Å². The highest BCUT2D eigenvalue weighted by Crippen LogP contribution is 2.28. The molecular formula is C19H21ClO10. The van der Waals surface area contributed by atoms with E-state index < -0.39 is 61.2 Å². The van der Waals surface area contributed by atoms with Gasteiger partial charge in [0.1, 0.15) is 12.7 Å². The molecule has 1 unspecified atom stereocenters. The van der Waals surface area contributed by atoms with E-state index in [1.165, 1.54) is 18.2 Å². The van der Waals surface area contributed by atoms with E-state index in [4.69, 9.17) is 35.3 Å². The van der Waals surface area contributed by atoms with Gasteiger partial charge >= 0.3 is 23.9 Å². The van der Waals surface area contributed by atoms with Gasteiger partial charge in [-0.1, -0.05) is 17.7 Å². The quantitative estimate of drug-likeness (QED) is 0.500. The minimum Gasteiger partial charge on any atom is -0.463 e. The highest BCUT2D eigenvalue weighted by atomic mass is 35.5. The number of hydrogen-bond acceptors (Lipinski definition) is 10. The van der Waals surface area contributed by atoms with Gasteiger partial charge in [-0.25, -0.2) is 4.79 Å². The Hall–Kier alpha value is -2.69. The smallest absolute Gasteiger partial charge is 0.340 e. The lowest BCUT2D eigenvalue weighted by Gasteiger charge is -2.42. The number of carbonyl (C=O) groups excluding carboxylic acids is 4.